The second-order valence-electron chi connectivity index (χ2n) is 5.75. The van der Waals surface area contributed by atoms with Crippen LogP contribution in [0.15, 0.2) is 10.7 Å². The monoisotopic (exact) mass is 328 g/mol. The first-order valence-corrected chi connectivity index (χ1v) is 7.94. The zero-order valence-electron chi connectivity index (χ0n) is 12.2. The Morgan fingerprint density at radius 2 is 2.26 bits per heavy atom. The van der Waals surface area contributed by atoms with Crippen molar-refractivity contribution in [3.05, 3.63) is 16.4 Å². The van der Waals surface area contributed by atoms with Crippen LogP contribution >= 0.6 is 15.9 Å². The molecular weight excluding hydrogens is 304 g/mol. The van der Waals surface area contributed by atoms with E-state index in [2.05, 4.69) is 57.1 Å². The van der Waals surface area contributed by atoms with E-state index in [1.165, 1.54) is 35.8 Å². The third-order valence-electron chi connectivity index (χ3n) is 4.06. The Kier molecular flexibility index (Phi) is 5.42. The maximum absolute atomic E-state index is 4.54. The van der Waals surface area contributed by atoms with Crippen LogP contribution in [-0.4, -0.2) is 48.4 Å². The molecule has 0 spiro atoms. The molecule has 0 aliphatic heterocycles. The van der Waals surface area contributed by atoms with Gasteiger partial charge in [-0.2, -0.15) is 5.10 Å². The molecular formula is C14H25BrN4. The van der Waals surface area contributed by atoms with Gasteiger partial charge in [-0.1, -0.05) is 6.42 Å². The van der Waals surface area contributed by atoms with Gasteiger partial charge in [0.05, 0.1) is 22.9 Å². The maximum Gasteiger partial charge on any atom is 0.0635 e. The van der Waals surface area contributed by atoms with Crippen molar-refractivity contribution < 1.29 is 0 Å². The van der Waals surface area contributed by atoms with Crippen molar-refractivity contribution in [2.24, 2.45) is 0 Å². The van der Waals surface area contributed by atoms with Gasteiger partial charge in [0.25, 0.3) is 0 Å². The first-order chi connectivity index (χ1) is 9.11. The van der Waals surface area contributed by atoms with Gasteiger partial charge in [-0.3, -0.25) is 4.68 Å². The Morgan fingerprint density at radius 1 is 1.47 bits per heavy atom. The highest BCUT2D eigenvalue weighted by atomic mass is 79.9. The first-order valence-electron chi connectivity index (χ1n) is 7.15. The lowest BCUT2D eigenvalue weighted by Crippen LogP contribution is -2.31. The van der Waals surface area contributed by atoms with Gasteiger partial charge in [0.1, 0.15) is 0 Å². The van der Waals surface area contributed by atoms with E-state index in [-0.39, 0.29) is 0 Å². The number of rotatable bonds is 5. The molecule has 1 saturated carbocycles. The predicted octanol–water partition coefficient (Wildman–Crippen LogP) is 2.45. The molecule has 1 aromatic rings. The highest BCUT2D eigenvalue weighted by Crippen LogP contribution is 2.36. The van der Waals surface area contributed by atoms with Gasteiger partial charge in [0.2, 0.25) is 0 Å². The minimum atomic E-state index is 0.630. The Balaban J connectivity index is 2.11. The zero-order chi connectivity index (χ0) is 13.8. The molecule has 108 valence electrons. The van der Waals surface area contributed by atoms with Crippen LogP contribution in [0.3, 0.4) is 0 Å². The quantitative estimate of drug-likeness (QED) is 0.901. The number of likely N-dealkylation sites (N-methyl/N-ethyl adjacent to an activating group) is 1. The van der Waals surface area contributed by atoms with Gasteiger partial charge >= 0.3 is 0 Å². The number of nitrogens with one attached hydrogen (secondary N) is 1. The molecule has 1 aliphatic carbocycles. The number of nitrogens with zero attached hydrogens (tertiary/aromatic N) is 3. The Labute approximate surface area is 124 Å². The molecule has 19 heavy (non-hydrogen) atoms. The molecule has 0 amide bonds. The molecule has 1 aliphatic rings. The molecule has 2 atom stereocenters. The number of hydrogen-bond acceptors (Lipinski definition) is 3. The molecule has 0 radical (unpaired) electrons. The van der Waals surface area contributed by atoms with E-state index in [1.807, 2.05) is 6.20 Å². The van der Waals surface area contributed by atoms with E-state index >= 15 is 0 Å². The summed E-state index contributed by atoms with van der Waals surface area (Å²) in [7, 11) is 6.29. The maximum atomic E-state index is 4.54. The summed E-state index contributed by atoms with van der Waals surface area (Å²) in [6.07, 6.45) is 7.07. The van der Waals surface area contributed by atoms with E-state index in [9.17, 15) is 0 Å². The molecule has 1 fully saturated rings. The minimum absolute atomic E-state index is 0.630. The topological polar surface area (TPSA) is 33.1 Å². The summed E-state index contributed by atoms with van der Waals surface area (Å²) < 4.78 is 3.36. The molecule has 1 N–H and O–H groups in total. The van der Waals surface area contributed by atoms with E-state index in [0.29, 0.717) is 12.0 Å². The van der Waals surface area contributed by atoms with Crippen LogP contribution in [0, 0.1) is 0 Å². The normalized spacial score (nSPS) is 24.1. The van der Waals surface area contributed by atoms with Crippen molar-refractivity contribution in [3.8, 4) is 0 Å². The number of aromatic nitrogens is 2. The fraction of sp³-hybridized carbons (Fsp3) is 0.786. The molecule has 5 heteroatoms. The summed E-state index contributed by atoms with van der Waals surface area (Å²) in [5, 5.41) is 7.97. The average Bonchev–Trinajstić information content (AvgIpc) is 2.77. The van der Waals surface area contributed by atoms with Crippen molar-refractivity contribution in [2.45, 2.75) is 44.2 Å². The van der Waals surface area contributed by atoms with Crippen LogP contribution in [0.2, 0.25) is 0 Å². The van der Waals surface area contributed by atoms with Crippen molar-refractivity contribution in [3.63, 3.8) is 0 Å². The lowest BCUT2D eigenvalue weighted by molar-refractivity contribution is 0.328. The van der Waals surface area contributed by atoms with Gasteiger partial charge in [-0.05, 0) is 56.3 Å². The lowest BCUT2D eigenvalue weighted by atomic mass is 9.83. The molecule has 1 aromatic heterocycles. The van der Waals surface area contributed by atoms with Gasteiger partial charge in [0, 0.05) is 18.5 Å². The fourth-order valence-electron chi connectivity index (χ4n) is 2.95. The predicted molar refractivity (Wildman–Crippen MR) is 82.5 cm³/mol. The Hall–Kier alpha value is -0.390. The summed E-state index contributed by atoms with van der Waals surface area (Å²) >= 11 is 3.68. The highest BCUT2D eigenvalue weighted by Gasteiger charge is 2.26. The summed E-state index contributed by atoms with van der Waals surface area (Å²) in [5.74, 6) is 0.630. The lowest BCUT2D eigenvalue weighted by Gasteiger charge is -2.29. The molecule has 1 heterocycles. The van der Waals surface area contributed by atoms with E-state index < -0.39 is 0 Å². The van der Waals surface area contributed by atoms with Crippen molar-refractivity contribution in [2.75, 3.05) is 27.7 Å². The van der Waals surface area contributed by atoms with Crippen LogP contribution in [-0.2, 0) is 6.54 Å². The van der Waals surface area contributed by atoms with Crippen LogP contribution in [0.1, 0.15) is 37.3 Å². The Morgan fingerprint density at radius 3 is 2.95 bits per heavy atom. The summed E-state index contributed by atoms with van der Waals surface area (Å²) in [4.78, 5) is 2.20. The van der Waals surface area contributed by atoms with Gasteiger partial charge in [0.15, 0.2) is 0 Å². The van der Waals surface area contributed by atoms with E-state index in [1.54, 1.807) is 0 Å². The standard InChI is InChI=1S/C14H25BrN4/c1-16-12-6-4-5-11(9-12)14-13(15)10-17-19(14)8-7-18(2)3/h10-12,16H,4-9H2,1-3H3. The fourth-order valence-corrected chi connectivity index (χ4v) is 3.57. The molecule has 0 bridgehead atoms. The smallest absolute Gasteiger partial charge is 0.0635 e. The first kappa shape index (κ1) is 15.0. The summed E-state index contributed by atoms with van der Waals surface area (Å²) in [6, 6.07) is 0.655. The molecule has 4 nitrogen and oxygen atoms in total. The minimum Gasteiger partial charge on any atom is -0.317 e. The largest absolute Gasteiger partial charge is 0.317 e. The molecule has 0 saturated heterocycles. The van der Waals surface area contributed by atoms with E-state index in [0.717, 1.165) is 13.1 Å². The van der Waals surface area contributed by atoms with Crippen molar-refractivity contribution in [1.82, 2.24) is 20.0 Å². The van der Waals surface area contributed by atoms with Crippen molar-refractivity contribution in [1.29, 1.82) is 0 Å². The van der Waals surface area contributed by atoms with Gasteiger partial charge < -0.3 is 10.2 Å². The van der Waals surface area contributed by atoms with Crippen LogP contribution < -0.4 is 5.32 Å². The third-order valence-corrected chi connectivity index (χ3v) is 4.67. The van der Waals surface area contributed by atoms with Gasteiger partial charge in [-0.15, -0.1) is 0 Å². The molecule has 0 aromatic carbocycles. The van der Waals surface area contributed by atoms with E-state index in [4.69, 9.17) is 0 Å². The molecule has 2 rings (SSSR count). The van der Waals surface area contributed by atoms with Crippen molar-refractivity contribution >= 4 is 15.9 Å². The highest BCUT2D eigenvalue weighted by molar-refractivity contribution is 9.10. The van der Waals surface area contributed by atoms with Crippen LogP contribution in [0.25, 0.3) is 0 Å². The SMILES string of the molecule is CNC1CCCC(c2c(Br)cnn2CCN(C)C)C1. The summed E-state index contributed by atoms with van der Waals surface area (Å²) in [6.45, 7) is 2.00. The number of hydrogen-bond donors (Lipinski definition) is 1. The Bertz CT molecular complexity index is 402. The second-order valence-corrected chi connectivity index (χ2v) is 6.61. The van der Waals surface area contributed by atoms with Crippen LogP contribution in [0.4, 0.5) is 0 Å². The van der Waals surface area contributed by atoms with Crippen LogP contribution in [0.5, 0.6) is 0 Å². The molecule has 2 unspecified atom stereocenters. The third kappa shape index (κ3) is 3.80. The van der Waals surface area contributed by atoms with Gasteiger partial charge in [-0.25, -0.2) is 0 Å². The zero-order valence-corrected chi connectivity index (χ0v) is 13.8. The average molecular weight is 329 g/mol. The number of halogens is 1. The summed E-state index contributed by atoms with van der Waals surface area (Å²) in [5.41, 5.74) is 1.39. The second kappa shape index (κ2) is 6.86.